The Morgan fingerprint density at radius 2 is 2.00 bits per heavy atom. The second kappa shape index (κ2) is 6.33. The number of nitrogens with one attached hydrogen (secondary N) is 2. The highest BCUT2D eigenvalue weighted by Crippen LogP contribution is 1.96. The number of carbonyl (C=O) groups excluding carboxylic acids is 2. The van der Waals surface area contributed by atoms with Gasteiger partial charge in [0.1, 0.15) is 0 Å². The van der Waals surface area contributed by atoms with Crippen molar-refractivity contribution in [1.29, 1.82) is 0 Å². The molecule has 0 heterocycles. The minimum atomic E-state index is -0.592. The van der Waals surface area contributed by atoms with Crippen LogP contribution in [0, 0.1) is 5.92 Å². The second-order valence-electron chi connectivity index (χ2n) is 3.22. The highest BCUT2D eigenvalue weighted by molar-refractivity contribution is 5.87. The van der Waals surface area contributed by atoms with Crippen LogP contribution in [0.4, 0.5) is 0 Å². The molecule has 2 amide bonds. The van der Waals surface area contributed by atoms with Crippen LogP contribution < -0.4 is 16.5 Å². The van der Waals surface area contributed by atoms with Gasteiger partial charge in [0.15, 0.2) is 0 Å². The van der Waals surface area contributed by atoms with Crippen molar-refractivity contribution in [3.63, 3.8) is 0 Å². The van der Waals surface area contributed by atoms with Gasteiger partial charge in [0.25, 0.3) is 5.91 Å². The van der Waals surface area contributed by atoms with Gasteiger partial charge >= 0.3 is 0 Å². The minimum absolute atomic E-state index is 0.0421. The van der Waals surface area contributed by atoms with Crippen LogP contribution >= 0.6 is 0 Å². The third kappa shape index (κ3) is 4.78. The predicted octanol–water partition coefficient (Wildman–Crippen LogP) is -1.24. The van der Waals surface area contributed by atoms with Gasteiger partial charge in [-0.3, -0.25) is 14.4 Å². The van der Waals surface area contributed by atoms with Crippen LogP contribution in [0.5, 0.6) is 0 Å². The van der Waals surface area contributed by atoms with E-state index in [4.69, 9.17) is 5.73 Å². The molecule has 0 aliphatic heterocycles. The number of carbonyl (C=O) groups is 2. The zero-order valence-corrected chi connectivity index (χ0v) is 8.66. The summed E-state index contributed by atoms with van der Waals surface area (Å²) < 4.78 is 0. The Labute approximate surface area is 83.1 Å². The van der Waals surface area contributed by atoms with Crippen LogP contribution in [0.2, 0.25) is 0 Å². The summed E-state index contributed by atoms with van der Waals surface area (Å²) in [6.45, 7) is 3.53. The van der Waals surface area contributed by atoms with Gasteiger partial charge in [0, 0.05) is 0 Å². The fraction of sp³-hybridized carbons (Fsp3) is 0.750. The number of hydrogen-bond donors (Lipinski definition) is 3. The van der Waals surface area contributed by atoms with Gasteiger partial charge in [-0.1, -0.05) is 13.8 Å². The Hall–Kier alpha value is -1.14. The summed E-state index contributed by atoms with van der Waals surface area (Å²) in [5.74, 6) is -0.719. The Bertz CT molecular complexity index is 206. The van der Waals surface area contributed by atoms with Gasteiger partial charge in [0.2, 0.25) is 5.91 Å². The van der Waals surface area contributed by atoms with Crippen molar-refractivity contribution in [1.82, 2.24) is 10.8 Å². The van der Waals surface area contributed by atoms with Crippen molar-refractivity contribution >= 4 is 11.8 Å². The smallest absolute Gasteiger partial charge is 0.262 e. The molecule has 6 heteroatoms. The highest BCUT2D eigenvalue weighted by Gasteiger charge is 2.17. The molecule has 14 heavy (non-hydrogen) atoms. The molecule has 0 saturated carbocycles. The van der Waals surface area contributed by atoms with Crippen LogP contribution in [0.3, 0.4) is 0 Å². The Morgan fingerprint density at radius 3 is 2.43 bits per heavy atom. The quantitative estimate of drug-likeness (QED) is 0.487. The van der Waals surface area contributed by atoms with Crippen LogP contribution in [-0.4, -0.2) is 31.5 Å². The maximum absolute atomic E-state index is 11.2. The average molecular weight is 203 g/mol. The number of hydroxylamine groups is 1. The molecule has 0 unspecified atom stereocenters. The average Bonchev–Trinajstić information content (AvgIpc) is 2.13. The fourth-order valence-corrected chi connectivity index (χ4v) is 0.738. The molecule has 0 aromatic carbocycles. The lowest BCUT2D eigenvalue weighted by atomic mass is 10.1. The number of nitrogens with two attached hydrogens (primary N) is 1. The normalized spacial score (nSPS) is 12.4. The largest absolute Gasteiger partial charge is 0.346 e. The summed E-state index contributed by atoms with van der Waals surface area (Å²) in [5.41, 5.74) is 7.62. The van der Waals surface area contributed by atoms with E-state index in [-0.39, 0.29) is 18.4 Å². The van der Waals surface area contributed by atoms with E-state index in [9.17, 15) is 9.59 Å². The van der Waals surface area contributed by atoms with Crippen molar-refractivity contribution in [3.8, 4) is 0 Å². The molecule has 0 saturated heterocycles. The summed E-state index contributed by atoms with van der Waals surface area (Å²) in [6.07, 6.45) is 0. The fourth-order valence-electron chi connectivity index (χ4n) is 0.738. The molecule has 0 fully saturated rings. The molecule has 0 aliphatic carbocycles. The highest BCUT2D eigenvalue weighted by atomic mass is 16.6. The van der Waals surface area contributed by atoms with Crippen LogP contribution in [0.15, 0.2) is 0 Å². The van der Waals surface area contributed by atoms with E-state index in [1.54, 1.807) is 0 Å². The van der Waals surface area contributed by atoms with E-state index >= 15 is 0 Å². The zero-order valence-electron chi connectivity index (χ0n) is 8.66. The summed E-state index contributed by atoms with van der Waals surface area (Å²) in [6, 6.07) is -0.592. The first-order valence-corrected chi connectivity index (χ1v) is 4.34. The van der Waals surface area contributed by atoms with E-state index in [1.165, 1.54) is 7.11 Å². The van der Waals surface area contributed by atoms with E-state index in [1.807, 2.05) is 13.8 Å². The summed E-state index contributed by atoms with van der Waals surface area (Å²) >= 11 is 0. The molecule has 6 nitrogen and oxygen atoms in total. The van der Waals surface area contributed by atoms with Gasteiger partial charge < -0.3 is 11.1 Å². The van der Waals surface area contributed by atoms with Gasteiger partial charge in [-0.2, -0.15) is 0 Å². The summed E-state index contributed by atoms with van der Waals surface area (Å²) in [5, 5.41) is 2.39. The monoisotopic (exact) mass is 203 g/mol. The lowest BCUT2D eigenvalue weighted by molar-refractivity contribution is -0.133. The molecular formula is C8H17N3O3. The van der Waals surface area contributed by atoms with Gasteiger partial charge in [0.05, 0.1) is 19.7 Å². The Kier molecular flexibility index (Phi) is 5.82. The third-order valence-corrected chi connectivity index (χ3v) is 1.66. The van der Waals surface area contributed by atoms with Crippen LogP contribution in [0.25, 0.3) is 0 Å². The van der Waals surface area contributed by atoms with Gasteiger partial charge in [-0.25, -0.2) is 5.48 Å². The molecular weight excluding hydrogens is 186 g/mol. The first-order chi connectivity index (χ1) is 6.49. The molecule has 1 atom stereocenters. The predicted molar refractivity (Wildman–Crippen MR) is 51.0 cm³/mol. The summed E-state index contributed by atoms with van der Waals surface area (Å²) in [4.78, 5) is 26.4. The Balaban J connectivity index is 3.79. The van der Waals surface area contributed by atoms with Crippen molar-refractivity contribution in [2.45, 2.75) is 19.9 Å². The van der Waals surface area contributed by atoms with Crippen molar-refractivity contribution in [3.05, 3.63) is 0 Å². The second-order valence-corrected chi connectivity index (χ2v) is 3.22. The van der Waals surface area contributed by atoms with Crippen molar-refractivity contribution in [2.24, 2.45) is 11.7 Å². The summed E-state index contributed by atoms with van der Waals surface area (Å²) in [7, 11) is 1.32. The molecule has 0 spiro atoms. The molecule has 0 bridgehead atoms. The maximum atomic E-state index is 11.2. The topological polar surface area (TPSA) is 93.5 Å². The molecule has 4 N–H and O–H groups in total. The lowest BCUT2D eigenvalue weighted by Crippen LogP contribution is -2.47. The number of rotatable bonds is 5. The van der Waals surface area contributed by atoms with Crippen molar-refractivity contribution < 1.29 is 14.4 Å². The molecule has 0 aliphatic rings. The van der Waals surface area contributed by atoms with E-state index in [0.29, 0.717) is 0 Å². The number of amides is 2. The SMILES string of the molecule is CONC(=O)CNC(=O)[C@@H](N)C(C)C. The van der Waals surface area contributed by atoms with Gasteiger partial charge in [-0.05, 0) is 5.92 Å². The third-order valence-electron chi connectivity index (χ3n) is 1.66. The van der Waals surface area contributed by atoms with Crippen molar-refractivity contribution in [2.75, 3.05) is 13.7 Å². The molecule has 82 valence electrons. The molecule has 0 radical (unpaired) electrons. The first kappa shape index (κ1) is 12.9. The van der Waals surface area contributed by atoms with Crippen LogP contribution in [-0.2, 0) is 14.4 Å². The van der Waals surface area contributed by atoms with E-state index in [2.05, 4.69) is 15.6 Å². The number of hydrogen-bond acceptors (Lipinski definition) is 4. The van der Waals surface area contributed by atoms with E-state index < -0.39 is 11.9 Å². The zero-order chi connectivity index (χ0) is 11.1. The van der Waals surface area contributed by atoms with E-state index in [0.717, 1.165) is 0 Å². The van der Waals surface area contributed by atoms with Crippen LogP contribution in [0.1, 0.15) is 13.8 Å². The minimum Gasteiger partial charge on any atom is -0.346 e. The molecule has 0 aromatic rings. The lowest BCUT2D eigenvalue weighted by Gasteiger charge is -2.14. The molecule has 0 aromatic heterocycles. The van der Waals surface area contributed by atoms with Gasteiger partial charge in [-0.15, -0.1) is 0 Å². The Morgan fingerprint density at radius 1 is 1.43 bits per heavy atom. The standard InChI is InChI=1S/C8H17N3O3/c1-5(2)7(9)8(13)10-4-6(12)11-14-3/h5,7H,4,9H2,1-3H3,(H,10,13)(H,11,12)/t7-/m0/s1. The maximum Gasteiger partial charge on any atom is 0.262 e. The molecule has 0 rings (SSSR count). The first-order valence-electron chi connectivity index (χ1n) is 4.34.